The molecule has 4 atom stereocenters. The van der Waals surface area contributed by atoms with Gasteiger partial charge in [0.15, 0.2) is 0 Å². The lowest BCUT2D eigenvalue weighted by atomic mass is 10.0. The molecule has 0 aromatic carbocycles. The predicted octanol–water partition coefficient (Wildman–Crippen LogP) is -0.519. The van der Waals surface area contributed by atoms with Crippen LogP contribution in [0.3, 0.4) is 0 Å². The molecule has 1 amide bonds. The molecule has 1 aliphatic carbocycles. The molecule has 2 aliphatic heterocycles. The molecule has 3 unspecified atom stereocenters. The Bertz CT molecular complexity index is 310. The topological polar surface area (TPSA) is 70.4 Å². The van der Waals surface area contributed by atoms with Crippen molar-refractivity contribution in [2.24, 2.45) is 17.6 Å². The highest BCUT2D eigenvalue weighted by Crippen LogP contribution is 2.34. The maximum absolute atomic E-state index is 12.0. The van der Waals surface area contributed by atoms with Crippen molar-refractivity contribution >= 4 is 5.91 Å². The fourth-order valence-electron chi connectivity index (χ4n) is 3.77. The number of nitrogens with one attached hydrogen (secondary N) is 2. The van der Waals surface area contributed by atoms with Gasteiger partial charge in [-0.3, -0.25) is 4.79 Å². The van der Waals surface area contributed by atoms with Gasteiger partial charge < -0.3 is 21.3 Å². The van der Waals surface area contributed by atoms with E-state index >= 15 is 0 Å². The van der Waals surface area contributed by atoms with Crippen LogP contribution in [-0.4, -0.2) is 49.2 Å². The standard InChI is InChI=1S/C13H24N4O/c14-12-2-1-3-17(12)13(18)8-16-11-4-9-6-15-7-10(9)5-11/h9-12,15-16H,1-8,14H2/t9-,10?,11?,12?/m1/s1. The zero-order valence-corrected chi connectivity index (χ0v) is 10.9. The van der Waals surface area contributed by atoms with Crippen LogP contribution in [0.4, 0.5) is 0 Å². The lowest BCUT2D eigenvalue weighted by molar-refractivity contribution is -0.131. The lowest BCUT2D eigenvalue weighted by Gasteiger charge is -2.22. The molecule has 2 heterocycles. The average molecular weight is 252 g/mol. The first-order chi connectivity index (χ1) is 8.74. The highest BCUT2D eigenvalue weighted by Gasteiger charge is 2.37. The van der Waals surface area contributed by atoms with Gasteiger partial charge in [0.2, 0.25) is 5.91 Å². The van der Waals surface area contributed by atoms with E-state index in [1.807, 2.05) is 4.90 Å². The van der Waals surface area contributed by atoms with Crippen LogP contribution in [0.25, 0.3) is 0 Å². The van der Waals surface area contributed by atoms with Gasteiger partial charge in [-0.15, -0.1) is 0 Å². The van der Waals surface area contributed by atoms with Crippen molar-refractivity contribution in [2.45, 2.75) is 37.9 Å². The minimum atomic E-state index is -0.0496. The molecule has 3 fully saturated rings. The van der Waals surface area contributed by atoms with Crippen molar-refractivity contribution in [3.63, 3.8) is 0 Å². The number of carbonyl (C=O) groups excluding carboxylic acids is 1. The zero-order chi connectivity index (χ0) is 12.5. The predicted molar refractivity (Wildman–Crippen MR) is 69.8 cm³/mol. The summed E-state index contributed by atoms with van der Waals surface area (Å²) in [4.78, 5) is 13.9. The molecule has 0 aromatic rings. The number of hydrogen-bond acceptors (Lipinski definition) is 4. The Hall–Kier alpha value is -0.650. The Morgan fingerprint density at radius 2 is 2.06 bits per heavy atom. The van der Waals surface area contributed by atoms with E-state index in [9.17, 15) is 4.79 Å². The summed E-state index contributed by atoms with van der Waals surface area (Å²) in [6.45, 7) is 3.62. The second-order valence-electron chi connectivity index (χ2n) is 6.02. The van der Waals surface area contributed by atoms with Crippen molar-refractivity contribution in [3.8, 4) is 0 Å². The number of carbonyl (C=O) groups is 1. The summed E-state index contributed by atoms with van der Waals surface area (Å²) in [7, 11) is 0. The first kappa shape index (κ1) is 12.4. The van der Waals surface area contributed by atoms with E-state index in [1.165, 1.54) is 12.8 Å². The first-order valence-corrected chi connectivity index (χ1v) is 7.23. The number of nitrogens with two attached hydrogens (primary N) is 1. The molecule has 0 aromatic heterocycles. The number of likely N-dealkylation sites (tertiary alicyclic amines) is 1. The van der Waals surface area contributed by atoms with E-state index in [1.54, 1.807) is 0 Å². The largest absolute Gasteiger partial charge is 0.326 e. The molecular weight excluding hydrogens is 228 g/mol. The monoisotopic (exact) mass is 252 g/mol. The molecule has 3 rings (SSSR count). The maximum atomic E-state index is 12.0. The van der Waals surface area contributed by atoms with Gasteiger partial charge in [-0.2, -0.15) is 0 Å². The van der Waals surface area contributed by atoms with E-state index in [-0.39, 0.29) is 12.1 Å². The summed E-state index contributed by atoms with van der Waals surface area (Å²) >= 11 is 0. The van der Waals surface area contributed by atoms with Gasteiger partial charge in [0.05, 0.1) is 12.7 Å². The van der Waals surface area contributed by atoms with Crippen LogP contribution in [-0.2, 0) is 4.79 Å². The molecule has 5 nitrogen and oxygen atoms in total. The van der Waals surface area contributed by atoms with Crippen LogP contribution in [0.1, 0.15) is 25.7 Å². The number of amides is 1. The molecular formula is C13H24N4O. The Labute approximate surface area is 108 Å². The molecule has 0 spiro atoms. The van der Waals surface area contributed by atoms with Crippen molar-refractivity contribution in [1.82, 2.24) is 15.5 Å². The molecule has 0 radical (unpaired) electrons. The van der Waals surface area contributed by atoms with Crippen LogP contribution < -0.4 is 16.4 Å². The molecule has 3 aliphatic rings. The molecule has 5 heteroatoms. The summed E-state index contributed by atoms with van der Waals surface area (Å²) in [5.41, 5.74) is 5.91. The third-order valence-electron chi connectivity index (χ3n) is 4.82. The third-order valence-corrected chi connectivity index (χ3v) is 4.82. The second-order valence-corrected chi connectivity index (χ2v) is 6.02. The smallest absolute Gasteiger partial charge is 0.237 e. The third kappa shape index (κ3) is 2.39. The Kier molecular flexibility index (Phi) is 3.54. The molecule has 4 N–H and O–H groups in total. The quantitative estimate of drug-likeness (QED) is 0.632. The summed E-state index contributed by atoms with van der Waals surface area (Å²) in [6.07, 6.45) is 4.39. The molecule has 1 saturated carbocycles. The number of hydrogen-bond donors (Lipinski definition) is 3. The second kappa shape index (κ2) is 5.15. The molecule has 0 bridgehead atoms. The maximum Gasteiger partial charge on any atom is 0.237 e. The van der Waals surface area contributed by atoms with Crippen molar-refractivity contribution in [2.75, 3.05) is 26.2 Å². The number of nitrogens with zero attached hydrogens (tertiary/aromatic N) is 1. The van der Waals surface area contributed by atoms with Gasteiger partial charge in [0, 0.05) is 12.6 Å². The normalized spacial score (nSPS) is 39.3. The highest BCUT2D eigenvalue weighted by molar-refractivity contribution is 5.78. The Morgan fingerprint density at radius 3 is 2.67 bits per heavy atom. The van der Waals surface area contributed by atoms with E-state index in [0.29, 0.717) is 12.6 Å². The van der Waals surface area contributed by atoms with Gasteiger partial charge in [0.1, 0.15) is 0 Å². The lowest BCUT2D eigenvalue weighted by Crippen LogP contribution is -2.46. The van der Waals surface area contributed by atoms with Gasteiger partial charge in [-0.05, 0) is 50.6 Å². The van der Waals surface area contributed by atoms with E-state index in [4.69, 9.17) is 5.73 Å². The Balaban J connectivity index is 1.43. The molecule has 2 saturated heterocycles. The van der Waals surface area contributed by atoms with Crippen molar-refractivity contribution in [3.05, 3.63) is 0 Å². The van der Waals surface area contributed by atoms with E-state index in [0.717, 1.165) is 44.3 Å². The fourth-order valence-corrected chi connectivity index (χ4v) is 3.77. The van der Waals surface area contributed by atoms with Crippen LogP contribution in [0.15, 0.2) is 0 Å². The minimum Gasteiger partial charge on any atom is -0.326 e. The molecule has 102 valence electrons. The fraction of sp³-hybridized carbons (Fsp3) is 0.923. The molecule has 18 heavy (non-hydrogen) atoms. The van der Waals surface area contributed by atoms with Gasteiger partial charge >= 0.3 is 0 Å². The SMILES string of the molecule is NC1CCCN1C(=O)CNC1CC2CNC[C@H]2C1. The highest BCUT2D eigenvalue weighted by atomic mass is 16.2. The van der Waals surface area contributed by atoms with Crippen LogP contribution in [0, 0.1) is 11.8 Å². The van der Waals surface area contributed by atoms with Gasteiger partial charge in [0.25, 0.3) is 0 Å². The first-order valence-electron chi connectivity index (χ1n) is 7.23. The van der Waals surface area contributed by atoms with Crippen LogP contribution in [0.5, 0.6) is 0 Å². The number of rotatable bonds is 3. The van der Waals surface area contributed by atoms with Crippen molar-refractivity contribution < 1.29 is 4.79 Å². The average Bonchev–Trinajstić information content (AvgIpc) is 3.00. The Morgan fingerprint density at radius 1 is 1.33 bits per heavy atom. The van der Waals surface area contributed by atoms with E-state index < -0.39 is 0 Å². The summed E-state index contributed by atoms with van der Waals surface area (Å²) in [5, 5.41) is 6.87. The minimum absolute atomic E-state index is 0.0496. The van der Waals surface area contributed by atoms with E-state index in [2.05, 4.69) is 10.6 Å². The van der Waals surface area contributed by atoms with Crippen LogP contribution >= 0.6 is 0 Å². The van der Waals surface area contributed by atoms with Gasteiger partial charge in [-0.25, -0.2) is 0 Å². The zero-order valence-electron chi connectivity index (χ0n) is 10.9. The van der Waals surface area contributed by atoms with Crippen molar-refractivity contribution in [1.29, 1.82) is 0 Å². The summed E-state index contributed by atoms with van der Waals surface area (Å²) in [5.74, 6) is 1.83. The number of fused-ring (bicyclic) bond motifs is 1. The summed E-state index contributed by atoms with van der Waals surface area (Å²) in [6, 6.07) is 0.532. The summed E-state index contributed by atoms with van der Waals surface area (Å²) < 4.78 is 0. The van der Waals surface area contributed by atoms with Gasteiger partial charge in [-0.1, -0.05) is 0 Å². The van der Waals surface area contributed by atoms with Crippen LogP contribution in [0.2, 0.25) is 0 Å².